The molecule has 8 nitrogen and oxygen atoms in total. The van der Waals surface area contributed by atoms with Crippen LogP contribution in [0.5, 0.6) is 0 Å². The van der Waals surface area contributed by atoms with Crippen molar-refractivity contribution in [2.75, 3.05) is 56.5 Å². The largest absolute Gasteiger partial charge is 0.368 e. The monoisotopic (exact) mass is 477 g/mol. The molecular formula is C25H31N7OS. The van der Waals surface area contributed by atoms with Crippen molar-refractivity contribution in [3.63, 3.8) is 0 Å². The molecule has 0 bridgehead atoms. The summed E-state index contributed by atoms with van der Waals surface area (Å²) in [7, 11) is 2.16. The van der Waals surface area contributed by atoms with Crippen LogP contribution in [-0.2, 0) is 0 Å². The van der Waals surface area contributed by atoms with Gasteiger partial charge >= 0.3 is 0 Å². The van der Waals surface area contributed by atoms with Gasteiger partial charge in [-0.1, -0.05) is 12.8 Å². The van der Waals surface area contributed by atoms with Crippen LogP contribution in [0, 0.1) is 0 Å². The first kappa shape index (κ1) is 21.7. The first-order valence-electron chi connectivity index (χ1n) is 12.4. The van der Waals surface area contributed by atoms with Crippen molar-refractivity contribution in [3.8, 4) is 0 Å². The molecule has 0 spiro atoms. The van der Waals surface area contributed by atoms with Crippen molar-refractivity contribution in [2.24, 2.45) is 0 Å². The molecule has 1 saturated carbocycles. The van der Waals surface area contributed by atoms with Gasteiger partial charge in [0.25, 0.3) is 5.91 Å². The molecule has 1 N–H and O–H groups in total. The van der Waals surface area contributed by atoms with E-state index in [-0.39, 0.29) is 5.91 Å². The van der Waals surface area contributed by atoms with E-state index in [0.29, 0.717) is 11.9 Å². The van der Waals surface area contributed by atoms with Crippen molar-refractivity contribution >= 4 is 44.9 Å². The van der Waals surface area contributed by atoms with Gasteiger partial charge in [0, 0.05) is 44.8 Å². The molecule has 6 rings (SSSR count). The number of carbonyl (C=O) groups excluding carboxylic acids is 1. The molecule has 0 radical (unpaired) electrons. The second kappa shape index (κ2) is 9.11. The molecule has 0 aromatic carbocycles. The number of likely N-dealkylation sites (tertiary alicyclic amines) is 1. The molecule has 3 aliphatic rings. The Labute approximate surface area is 204 Å². The number of likely N-dealkylation sites (N-methyl/N-ethyl adjacent to an activating group) is 1. The summed E-state index contributed by atoms with van der Waals surface area (Å²) in [6.45, 7) is 5.91. The average molecular weight is 478 g/mol. The highest BCUT2D eigenvalue weighted by molar-refractivity contribution is 7.21. The Balaban J connectivity index is 1.26. The van der Waals surface area contributed by atoms with Gasteiger partial charge in [0.2, 0.25) is 5.95 Å². The number of piperazine rings is 1. The minimum Gasteiger partial charge on any atom is -0.368 e. The number of rotatable bonds is 5. The van der Waals surface area contributed by atoms with Crippen LogP contribution in [0.1, 0.15) is 53.3 Å². The Morgan fingerprint density at radius 1 is 1.00 bits per heavy atom. The van der Waals surface area contributed by atoms with Crippen molar-refractivity contribution in [1.29, 1.82) is 0 Å². The third-order valence-corrected chi connectivity index (χ3v) is 8.54. The highest BCUT2D eigenvalue weighted by Crippen LogP contribution is 2.43. The van der Waals surface area contributed by atoms with E-state index in [2.05, 4.69) is 38.2 Å². The number of amides is 1. The lowest BCUT2D eigenvalue weighted by Crippen LogP contribution is -2.44. The number of hydrogen-bond acceptors (Lipinski definition) is 8. The third kappa shape index (κ3) is 4.11. The lowest BCUT2D eigenvalue weighted by molar-refractivity contribution is 0.0655. The van der Waals surface area contributed by atoms with E-state index in [1.807, 2.05) is 23.4 Å². The van der Waals surface area contributed by atoms with Crippen LogP contribution < -0.4 is 10.2 Å². The van der Waals surface area contributed by atoms with Crippen LogP contribution in [0.4, 0.5) is 17.5 Å². The highest BCUT2D eigenvalue weighted by Gasteiger charge is 2.32. The number of aromatic nitrogens is 3. The average Bonchev–Trinajstić information content (AvgIpc) is 3.46. The number of thiophene rings is 1. The minimum atomic E-state index is 0.173. The van der Waals surface area contributed by atoms with Crippen molar-refractivity contribution < 1.29 is 4.79 Å². The maximum Gasteiger partial charge on any atom is 0.264 e. The van der Waals surface area contributed by atoms with Gasteiger partial charge in [0.1, 0.15) is 5.82 Å². The molecule has 9 heteroatoms. The molecule has 2 saturated heterocycles. The molecule has 0 atom stereocenters. The summed E-state index contributed by atoms with van der Waals surface area (Å²) in [6.07, 6.45) is 9.59. The summed E-state index contributed by atoms with van der Waals surface area (Å²) in [6, 6.07) is 4.10. The molecular weight excluding hydrogens is 446 g/mol. The number of hydrogen-bond donors (Lipinski definition) is 1. The van der Waals surface area contributed by atoms with Crippen LogP contribution in [0.15, 0.2) is 24.5 Å². The van der Waals surface area contributed by atoms with Crippen LogP contribution in [0.2, 0.25) is 0 Å². The van der Waals surface area contributed by atoms with E-state index >= 15 is 0 Å². The molecule has 3 aromatic heterocycles. The van der Waals surface area contributed by atoms with E-state index in [1.165, 1.54) is 12.8 Å². The molecule has 178 valence electrons. The fraction of sp³-hybridized carbons (Fsp3) is 0.520. The van der Waals surface area contributed by atoms with E-state index < -0.39 is 0 Å². The first-order valence-corrected chi connectivity index (χ1v) is 13.2. The van der Waals surface area contributed by atoms with Gasteiger partial charge < -0.3 is 20.0 Å². The topological polar surface area (TPSA) is 77.5 Å². The second-order valence-electron chi connectivity index (χ2n) is 9.70. The fourth-order valence-electron chi connectivity index (χ4n) is 5.21. The Morgan fingerprint density at radius 2 is 1.79 bits per heavy atom. The molecule has 34 heavy (non-hydrogen) atoms. The highest BCUT2D eigenvalue weighted by atomic mass is 32.1. The summed E-state index contributed by atoms with van der Waals surface area (Å²) in [5, 5.41) is 3.28. The van der Waals surface area contributed by atoms with Crippen LogP contribution in [0.25, 0.3) is 10.2 Å². The Bertz CT molecular complexity index is 1180. The number of pyridine rings is 1. The van der Waals surface area contributed by atoms with Gasteiger partial charge in [-0.15, -0.1) is 11.3 Å². The predicted molar refractivity (Wildman–Crippen MR) is 136 cm³/mol. The molecule has 2 aliphatic heterocycles. The summed E-state index contributed by atoms with van der Waals surface area (Å²) in [4.78, 5) is 34.8. The van der Waals surface area contributed by atoms with E-state index in [4.69, 9.17) is 4.98 Å². The SMILES string of the molecule is CN1CCN(c2ccc(Nc3ncc4sc(C(=O)N5CCC5)c(C5CCCC5)c4n3)nc2)CC1. The molecule has 3 aromatic rings. The van der Waals surface area contributed by atoms with E-state index in [0.717, 1.165) is 90.7 Å². The maximum atomic E-state index is 13.2. The standard InChI is InChI=1S/C25H31N7OS/c1-30-11-13-31(14-12-30)18-7-8-20(26-15-18)28-25-27-16-19-22(29-25)21(17-5-2-3-6-17)23(34-19)24(33)32-9-4-10-32/h7-8,15-17H,2-6,9-14H2,1H3,(H,26,27,28,29). The number of nitrogens with one attached hydrogen (secondary N) is 1. The van der Waals surface area contributed by atoms with Crippen LogP contribution in [-0.4, -0.2) is 77.0 Å². The lowest BCUT2D eigenvalue weighted by atomic mass is 9.96. The molecule has 3 fully saturated rings. The van der Waals surface area contributed by atoms with Crippen LogP contribution in [0.3, 0.4) is 0 Å². The zero-order valence-electron chi connectivity index (χ0n) is 19.7. The Morgan fingerprint density at radius 3 is 2.47 bits per heavy atom. The maximum absolute atomic E-state index is 13.2. The van der Waals surface area contributed by atoms with Gasteiger partial charge in [0.05, 0.1) is 33.2 Å². The zero-order chi connectivity index (χ0) is 23.1. The minimum absolute atomic E-state index is 0.173. The number of anilines is 3. The van der Waals surface area contributed by atoms with Crippen molar-refractivity contribution in [3.05, 3.63) is 35.0 Å². The van der Waals surface area contributed by atoms with Gasteiger partial charge in [0.15, 0.2) is 0 Å². The number of fused-ring (bicyclic) bond motifs is 1. The summed E-state index contributed by atoms with van der Waals surface area (Å²) in [5.74, 6) is 1.85. The molecule has 0 unspecified atom stereocenters. The molecule has 1 amide bonds. The van der Waals surface area contributed by atoms with Gasteiger partial charge in [-0.2, -0.15) is 0 Å². The lowest BCUT2D eigenvalue weighted by Gasteiger charge is -2.33. The normalized spacial score (nSPS) is 19.6. The van der Waals surface area contributed by atoms with Crippen molar-refractivity contribution in [2.45, 2.75) is 38.0 Å². The second-order valence-corrected chi connectivity index (χ2v) is 10.7. The fourth-order valence-corrected chi connectivity index (χ4v) is 6.38. The smallest absolute Gasteiger partial charge is 0.264 e. The Kier molecular flexibility index (Phi) is 5.82. The summed E-state index contributed by atoms with van der Waals surface area (Å²) in [5.41, 5.74) is 3.23. The van der Waals surface area contributed by atoms with Crippen LogP contribution >= 0.6 is 11.3 Å². The van der Waals surface area contributed by atoms with Gasteiger partial charge in [-0.25, -0.2) is 15.0 Å². The third-order valence-electron chi connectivity index (χ3n) is 7.42. The number of nitrogens with zero attached hydrogens (tertiary/aromatic N) is 6. The van der Waals surface area contributed by atoms with E-state index in [9.17, 15) is 4.79 Å². The van der Waals surface area contributed by atoms with E-state index in [1.54, 1.807) is 11.3 Å². The quantitative estimate of drug-likeness (QED) is 0.593. The molecule has 5 heterocycles. The molecule has 1 aliphatic carbocycles. The van der Waals surface area contributed by atoms with Crippen molar-refractivity contribution in [1.82, 2.24) is 24.8 Å². The number of carbonyl (C=O) groups is 1. The predicted octanol–water partition coefficient (Wildman–Crippen LogP) is 4.09. The zero-order valence-corrected chi connectivity index (χ0v) is 20.5. The first-order chi connectivity index (χ1) is 16.7. The van der Waals surface area contributed by atoms with Gasteiger partial charge in [-0.05, 0) is 44.4 Å². The Hall–Kier alpha value is -2.78. The summed E-state index contributed by atoms with van der Waals surface area (Å²) >= 11 is 1.56. The van der Waals surface area contributed by atoms with Gasteiger partial charge in [-0.3, -0.25) is 4.79 Å². The summed E-state index contributed by atoms with van der Waals surface area (Å²) < 4.78 is 0.995.